The number of carbonyl (C=O) groups is 1. The summed E-state index contributed by atoms with van der Waals surface area (Å²) in [4.78, 5) is 28.8. The SMILES string of the molecule is CC(=O)N1CCN(Cc2csc3c(-c4cccc5c4C=CC5)nc(N4CCCCC4)nc23)CC1. The van der Waals surface area contributed by atoms with E-state index in [2.05, 4.69) is 45.5 Å². The third kappa shape index (κ3) is 4.01. The van der Waals surface area contributed by atoms with Crippen molar-refractivity contribution in [3.8, 4) is 11.3 Å². The normalized spacial score (nSPS) is 18.6. The lowest BCUT2D eigenvalue weighted by Gasteiger charge is -2.34. The number of thiophene rings is 1. The van der Waals surface area contributed by atoms with Crippen molar-refractivity contribution in [1.82, 2.24) is 19.8 Å². The number of piperazine rings is 1. The maximum atomic E-state index is 11.7. The van der Waals surface area contributed by atoms with Gasteiger partial charge < -0.3 is 9.80 Å². The van der Waals surface area contributed by atoms with E-state index in [4.69, 9.17) is 9.97 Å². The predicted octanol–water partition coefficient (Wildman–Crippen LogP) is 4.58. The van der Waals surface area contributed by atoms with Gasteiger partial charge in [0, 0.05) is 63.9 Å². The molecule has 0 radical (unpaired) electrons. The van der Waals surface area contributed by atoms with E-state index in [0.717, 1.165) is 69.4 Å². The maximum Gasteiger partial charge on any atom is 0.226 e. The second-order valence-corrected chi connectivity index (χ2v) is 10.5. The lowest BCUT2D eigenvalue weighted by Crippen LogP contribution is -2.47. The van der Waals surface area contributed by atoms with Gasteiger partial charge in [0.25, 0.3) is 0 Å². The van der Waals surface area contributed by atoms with Gasteiger partial charge in [0.15, 0.2) is 0 Å². The van der Waals surface area contributed by atoms with Crippen LogP contribution in [0.15, 0.2) is 29.7 Å². The molecule has 3 aliphatic rings. The summed E-state index contributed by atoms with van der Waals surface area (Å²) in [5, 5.41) is 2.28. The molecular formula is C27H31N5OS. The molecule has 6 nitrogen and oxygen atoms in total. The van der Waals surface area contributed by atoms with Crippen LogP contribution in [0.3, 0.4) is 0 Å². The summed E-state index contributed by atoms with van der Waals surface area (Å²) < 4.78 is 1.19. The molecule has 1 aromatic carbocycles. The van der Waals surface area contributed by atoms with E-state index in [1.807, 2.05) is 4.90 Å². The second-order valence-electron chi connectivity index (χ2n) is 9.63. The molecule has 0 unspecified atom stereocenters. The van der Waals surface area contributed by atoms with E-state index in [-0.39, 0.29) is 5.91 Å². The Balaban J connectivity index is 1.40. The van der Waals surface area contributed by atoms with Gasteiger partial charge in [0.2, 0.25) is 11.9 Å². The topological polar surface area (TPSA) is 52.6 Å². The fraction of sp³-hybridized carbons (Fsp3) is 0.444. The monoisotopic (exact) mass is 473 g/mol. The third-order valence-corrected chi connectivity index (χ3v) is 8.43. The highest BCUT2D eigenvalue weighted by atomic mass is 32.1. The Kier molecular flexibility index (Phi) is 5.83. The van der Waals surface area contributed by atoms with Crippen LogP contribution in [0.25, 0.3) is 27.6 Å². The molecule has 176 valence electrons. The minimum atomic E-state index is 0.175. The molecule has 4 heterocycles. The van der Waals surface area contributed by atoms with Crippen LogP contribution in [0.2, 0.25) is 0 Å². The van der Waals surface area contributed by atoms with Crippen molar-refractivity contribution in [3.05, 3.63) is 46.3 Å². The number of allylic oxidation sites excluding steroid dienone is 1. The van der Waals surface area contributed by atoms with Crippen molar-refractivity contribution in [2.75, 3.05) is 44.2 Å². The summed E-state index contributed by atoms with van der Waals surface area (Å²) in [5.41, 5.74) is 7.36. The van der Waals surface area contributed by atoms with E-state index in [9.17, 15) is 4.79 Å². The molecular weight excluding hydrogens is 442 g/mol. The van der Waals surface area contributed by atoms with Crippen molar-refractivity contribution in [1.29, 1.82) is 0 Å². The molecule has 0 spiro atoms. The van der Waals surface area contributed by atoms with E-state index in [1.54, 1.807) is 18.3 Å². The first kappa shape index (κ1) is 21.7. The van der Waals surface area contributed by atoms with Crippen LogP contribution in [-0.4, -0.2) is 64.9 Å². The number of anilines is 1. The number of rotatable bonds is 4. The number of aromatic nitrogens is 2. The van der Waals surface area contributed by atoms with Gasteiger partial charge in [0.05, 0.1) is 15.9 Å². The lowest BCUT2D eigenvalue weighted by molar-refractivity contribution is -0.130. The Morgan fingerprint density at radius 1 is 1.03 bits per heavy atom. The highest BCUT2D eigenvalue weighted by molar-refractivity contribution is 7.17. The number of piperidine rings is 1. The fourth-order valence-electron chi connectivity index (χ4n) is 5.44. The Bertz CT molecular complexity index is 1250. The Labute approximate surface area is 204 Å². The molecule has 0 atom stereocenters. The van der Waals surface area contributed by atoms with Gasteiger partial charge in [-0.05, 0) is 42.2 Å². The highest BCUT2D eigenvalue weighted by Gasteiger charge is 2.24. The number of fused-ring (bicyclic) bond motifs is 2. The van der Waals surface area contributed by atoms with Crippen LogP contribution in [0.1, 0.15) is 42.9 Å². The van der Waals surface area contributed by atoms with E-state index >= 15 is 0 Å². The molecule has 0 N–H and O–H groups in total. The molecule has 0 saturated carbocycles. The van der Waals surface area contributed by atoms with Gasteiger partial charge in [-0.2, -0.15) is 0 Å². The van der Waals surface area contributed by atoms with Crippen LogP contribution in [0.5, 0.6) is 0 Å². The first-order chi connectivity index (χ1) is 16.7. The highest BCUT2D eigenvalue weighted by Crippen LogP contribution is 2.39. The van der Waals surface area contributed by atoms with Gasteiger partial charge in [-0.1, -0.05) is 30.4 Å². The molecule has 2 saturated heterocycles. The van der Waals surface area contributed by atoms with E-state index in [1.165, 1.54) is 46.2 Å². The number of hydrogen-bond donors (Lipinski definition) is 0. The third-order valence-electron chi connectivity index (χ3n) is 7.40. The van der Waals surface area contributed by atoms with E-state index < -0.39 is 0 Å². The van der Waals surface area contributed by atoms with Crippen LogP contribution >= 0.6 is 11.3 Å². The van der Waals surface area contributed by atoms with Crippen molar-refractivity contribution in [2.45, 2.75) is 39.2 Å². The number of nitrogens with zero attached hydrogens (tertiary/aromatic N) is 5. The summed E-state index contributed by atoms with van der Waals surface area (Å²) in [7, 11) is 0. The molecule has 2 aliphatic heterocycles. The molecule has 6 rings (SSSR count). The van der Waals surface area contributed by atoms with Gasteiger partial charge >= 0.3 is 0 Å². The summed E-state index contributed by atoms with van der Waals surface area (Å²) >= 11 is 1.77. The zero-order chi connectivity index (χ0) is 23.1. The molecule has 2 fully saturated rings. The number of hydrogen-bond acceptors (Lipinski definition) is 6. The van der Waals surface area contributed by atoms with Gasteiger partial charge in [-0.3, -0.25) is 9.69 Å². The largest absolute Gasteiger partial charge is 0.341 e. The van der Waals surface area contributed by atoms with E-state index in [0.29, 0.717) is 0 Å². The smallest absolute Gasteiger partial charge is 0.226 e. The predicted molar refractivity (Wildman–Crippen MR) is 139 cm³/mol. The molecule has 1 amide bonds. The van der Waals surface area contributed by atoms with Crippen LogP contribution in [0, 0.1) is 0 Å². The van der Waals surface area contributed by atoms with Crippen molar-refractivity contribution < 1.29 is 4.79 Å². The van der Waals surface area contributed by atoms with Crippen molar-refractivity contribution >= 4 is 39.5 Å². The number of benzene rings is 1. The summed E-state index contributed by atoms with van der Waals surface area (Å²) in [6, 6.07) is 6.61. The first-order valence-corrected chi connectivity index (χ1v) is 13.3. The Morgan fingerprint density at radius 3 is 2.65 bits per heavy atom. The summed E-state index contributed by atoms with van der Waals surface area (Å²) in [6.07, 6.45) is 9.20. The average molecular weight is 474 g/mol. The quantitative estimate of drug-likeness (QED) is 0.555. The molecule has 34 heavy (non-hydrogen) atoms. The first-order valence-electron chi connectivity index (χ1n) is 12.5. The van der Waals surface area contributed by atoms with Gasteiger partial charge in [0.1, 0.15) is 0 Å². The number of amides is 1. The van der Waals surface area contributed by atoms with Crippen LogP contribution in [-0.2, 0) is 17.8 Å². The van der Waals surface area contributed by atoms with Gasteiger partial charge in [-0.15, -0.1) is 11.3 Å². The van der Waals surface area contributed by atoms with Crippen LogP contribution < -0.4 is 4.90 Å². The molecule has 0 bridgehead atoms. The Hall–Kier alpha value is -2.77. The number of carbonyl (C=O) groups excluding carboxylic acids is 1. The van der Waals surface area contributed by atoms with Crippen LogP contribution in [0.4, 0.5) is 5.95 Å². The molecule has 1 aliphatic carbocycles. The maximum absolute atomic E-state index is 11.7. The van der Waals surface area contributed by atoms with Gasteiger partial charge in [-0.25, -0.2) is 9.97 Å². The molecule has 2 aromatic heterocycles. The summed E-state index contributed by atoms with van der Waals surface area (Å²) in [6.45, 7) is 8.02. The minimum Gasteiger partial charge on any atom is -0.341 e. The fourth-order valence-corrected chi connectivity index (χ4v) is 6.45. The summed E-state index contributed by atoms with van der Waals surface area (Å²) in [5.74, 6) is 1.05. The van der Waals surface area contributed by atoms with Crippen molar-refractivity contribution in [2.24, 2.45) is 0 Å². The van der Waals surface area contributed by atoms with Crippen molar-refractivity contribution in [3.63, 3.8) is 0 Å². The minimum absolute atomic E-state index is 0.175. The second kappa shape index (κ2) is 9.12. The molecule has 7 heteroatoms. The molecule has 3 aromatic rings. The zero-order valence-electron chi connectivity index (χ0n) is 19.8. The average Bonchev–Trinajstić information content (AvgIpc) is 3.52. The zero-order valence-corrected chi connectivity index (χ0v) is 20.6. The standard InChI is InChI=1S/C27H31N5OS/c1-19(33)31-15-13-30(14-16-31)17-21-18-34-26-24(21)28-27(32-11-3-2-4-12-32)29-25(26)23-10-6-8-20-7-5-9-22(20)23/h5-6,8-10,18H,2-4,7,11-17H2,1H3. The lowest BCUT2D eigenvalue weighted by atomic mass is 10.0. The Morgan fingerprint density at radius 2 is 1.85 bits per heavy atom.